The molecule has 3 heterocycles. The van der Waals surface area contributed by atoms with Crippen LogP contribution in [0.4, 0.5) is 0 Å². The molecule has 0 spiro atoms. The standard InChI is InChI=1S/C22H22ClN3O2S/c1-3-25(4-2)11-12-26-20(15-7-9-16(23)10-8-15)24-21-19(22(26)27)17(14-29-21)18-6-5-13-28-18/h5-10,13-14H,3-4,11-12H2,1-2H3. The van der Waals surface area contributed by atoms with E-state index >= 15 is 0 Å². The highest BCUT2D eigenvalue weighted by Crippen LogP contribution is 2.32. The van der Waals surface area contributed by atoms with Crippen molar-refractivity contribution in [3.8, 4) is 22.7 Å². The monoisotopic (exact) mass is 427 g/mol. The van der Waals surface area contributed by atoms with Crippen molar-refractivity contribution >= 4 is 33.2 Å². The molecule has 7 heteroatoms. The number of likely N-dealkylation sites (N-methyl/N-ethyl adjacent to an activating group) is 1. The predicted octanol–water partition coefficient (Wildman–Crippen LogP) is 5.38. The van der Waals surface area contributed by atoms with Crippen LogP contribution in [0.25, 0.3) is 32.9 Å². The smallest absolute Gasteiger partial charge is 0.263 e. The van der Waals surface area contributed by atoms with Crippen molar-refractivity contribution in [2.45, 2.75) is 20.4 Å². The van der Waals surface area contributed by atoms with Crippen LogP contribution in [0.15, 0.2) is 57.3 Å². The van der Waals surface area contributed by atoms with Crippen LogP contribution in [0.3, 0.4) is 0 Å². The number of thiophene rings is 1. The average Bonchev–Trinajstić information content (AvgIpc) is 3.40. The van der Waals surface area contributed by atoms with Crippen molar-refractivity contribution < 1.29 is 4.42 Å². The number of aromatic nitrogens is 2. The maximum absolute atomic E-state index is 13.6. The van der Waals surface area contributed by atoms with Gasteiger partial charge in [0.05, 0.1) is 11.6 Å². The minimum absolute atomic E-state index is 0.0419. The number of benzene rings is 1. The first-order chi connectivity index (χ1) is 14.1. The molecule has 0 unspecified atom stereocenters. The Kier molecular flexibility index (Phi) is 5.85. The number of hydrogen-bond acceptors (Lipinski definition) is 5. The molecule has 0 aliphatic heterocycles. The minimum Gasteiger partial charge on any atom is -0.464 e. The van der Waals surface area contributed by atoms with Gasteiger partial charge in [0.25, 0.3) is 5.56 Å². The molecule has 0 amide bonds. The quantitative estimate of drug-likeness (QED) is 0.397. The first-order valence-corrected chi connectivity index (χ1v) is 10.9. The van der Waals surface area contributed by atoms with Gasteiger partial charge in [-0.15, -0.1) is 11.3 Å². The number of fused-ring (bicyclic) bond motifs is 1. The van der Waals surface area contributed by atoms with Gasteiger partial charge in [0, 0.05) is 34.6 Å². The average molecular weight is 428 g/mol. The molecule has 0 saturated carbocycles. The van der Waals surface area contributed by atoms with Gasteiger partial charge >= 0.3 is 0 Å². The summed E-state index contributed by atoms with van der Waals surface area (Å²) in [5.74, 6) is 1.35. The number of halogens is 1. The molecule has 5 nitrogen and oxygen atoms in total. The lowest BCUT2D eigenvalue weighted by molar-refractivity contribution is 0.289. The molecule has 0 N–H and O–H groups in total. The Balaban J connectivity index is 1.90. The van der Waals surface area contributed by atoms with Crippen molar-refractivity contribution in [3.63, 3.8) is 0 Å². The summed E-state index contributed by atoms with van der Waals surface area (Å²) < 4.78 is 7.33. The van der Waals surface area contributed by atoms with E-state index in [1.165, 1.54) is 11.3 Å². The third kappa shape index (κ3) is 3.88. The normalized spacial score (nSPS) is 11.6. The summed E-state index contributed by atoms with van der Waals surface area (Å²) in [4.78, 5) is 21.5. The molecule has 150 valence electrons. The van der Waals surface area contributed by atoms with E-state index in [1.54, 1.807) is 10.8 Å². The molecule has 0 radical (unpaired) electrons. The Bertz CT molecular complexity index is 1160. The van der Waals surface area contributed by atoms with E-state index in [0.29, 0.717) is 33.4 Å². The summed E-state index contributed by atoms with van der Waals surface area (Å²) in [5, 5.41) is 3.21. The Morgan fingerprint density at radius 2 is 1.93 bits per heavy atom. The molecule has 3 aromatic heterocycles. The van der Waals surface area contributed by atoms with Gasteiger partial charge < -0.3 is 9.32 Å². The second-order valence-corrected chi connectivity index (χ2v) is 8.03. The fourth-order valence-corrected chi connectivity index (χ4v) is 4.49. The van der Waals surface area contributed by atoms with Crippen molar-refractivity contribution in [1.82, 2.24) is 14.5 Å². The van der Waals surface area contributed by atoms with Gasteiger partial charge in [-0.1, -0.05) is 25.4 Å². The summed E-state index contributed by atoms with van der Waals surface area (Å²) in [7, 11) is 0. The fourth-order valence-electron chi connectivity index (χ4n) is 3.45. The molecule has 4 rings (SSSR count). The van der Waals surface area contributed by atoms with Gasteiger partial charge in [-0.05, 0) is 49.5 Å². The van der Waals surface area contributed by atoms with Gasteiger partial charge in [0.1, 0.15) is 16.4 Å². The van der Waals surface area contributed by atoms with Crippen LogP contribution in [0.1, 0.15) is 13.8 Å². The predicted molar refractivity (Wildman–Crippen MR) is 120 cm³/mol. The molecule has 0 bridgehead atoms. The summed E-state index contributed by atoms with van der Waals surface area (Å²) >= 11 is 7.52. The Morgan fingerprint density at radius 1 is 1.17 bits per heavy atom. The van der Waals surface area contributed by atoms with Crippen LogP contribution in [-0.2, 0) is 6.54 Å². The molecular formula is C22H22ClN3O2S. The first kappa shape index (κ1) is 19.9. The van der Waals surface area contributed by atoms with E-state index in [-0.39, 0.29) is 5.56 Å². The lowest BCUT2D eigenvalue weighted by atomic mass is 10.1. The van der Waals surface area contributed by atoms with E-state index in [9.17, 15) is 4.79 Å². The van der Waals surface area contributed by atoms with Crippen LogP contribution in [0.5, 0.6) is 0 Å². The second kappa shape index (κ2) is 8.53. The molecule has 0 atom stereocenters. The fraction of sp³-hybridized carbons (Fsp3) is 0.273. The summed E-state index contributed by atoms with van der Waals surface area (Å²) in [6, 6.07) is 11.2. The van der Waals surface area contributed by atoms with Gasteiger partial charge in [0.2, 0.25) is 0 Å². The number of furan rings is 1. The van der Waals surface area contributed by atoms with Crippen LogP contribution in [0.2, 0.25) is 5.02 Å². The molecule has 1 aromatic carbocycles. The summed E-state index contributed by atoms with van der Waals surface area (Å²) in [5.41, 5.74) is 1.63. The van der Waals surface area contributed by atoms with Crippen molar-refractivity contribution in [1.29, 1.82) is 0 Å². The Morgan fingerprint density at radius 3 is 2.59 bits per heavy atom. The van der Waals surface area contributed by atoms with E-state index in [2.05, 4.69) is 18.7 Å². The molecule has 4 aromatic rings. The van der Waals surface area contributed by atoms with Gasteiger partial charge in [-0.3, -0.25) is 9.36 Å². The highest BCUT2D eigenvalue weighted by molar-refractivity contribution is 7.17. The second-order valence-electron chi connectivity index (χ2n) is 6.73. The minimum atomic E-state index is -0.0419. The zero-order valence-electron chi connectivity index (χ0n) is 16.4. The third-order valence-corrected chi connectivity index (χ3v) is 6.24. The molecule has 0 saturated heterocycles. The highest BCUT2D eigenvalue weighted by atomic mass is 35.5. The molecule has 0 fully saturated rings. The zero-order chi connectivity index (χ0) is 20.4. The van der Waals surface area contributed by atoms with E-state index in [4.69, 9.17) is 21.0 Å². The molecule has 0 aliphatic carbocycles. The Labute approximate surface area is 178 Å². The SMILES string of the molecule is CCN(CC)CCn1c(-c2ccc(Cl)cc2)nc2scc(-c3ccco3)c2c1=O. The zero-order valence-corrected chi connectivity index (χ0v) is 18.0. The maximum atomic E-state index is 13.6. The van der Waals surface area contributed by atoms with Crippen LogP contribution >= 0.6 is 22.9 Å². The van der Waals surface area contributed by atoms with E-state index in [1.807, 2.05) is 41.8 Å². The third-order valence-electron chi connectivity index (χ3n) is 5.12. The molecule has 29 heavy (non-hydrogen) atoms. The first-order valence-electron chi connectivity index (χ1n) is 9.66. The van der Waals surface area contributed by atoms with E-state index in [0.717, 1.165) is 30.8 Å². The van der Waals surface area contributed by atoms with Crippen LogP contribution < -0.4 is 5.56 Å². The van der Waals surface area contributed by atoms with Crippen LogP contribution in [-0.4, -0.2) is 34.1 Å². The summed E-state index contributed by atoms with van der Waals surface area (Å²) in [6.07, 6.45) is 1.62. The Hall–Kier alpha value is -2.41. The topological polar surface area (TPSA) is 51.3 Å². The number of nitrogens with zero attached hydrogens (tertiary/aromatic N) is 3. The van der Waals surface area contributed by atoms with E-state index < -0.39 is 0 Å². The lowest BCUT2D eigenvalue weighted by Crippen LogP contribution is -2.32. The van der Waals surface area contributed by atoms with Crippen molar-refractivity contribution in [2.24, 2.45) is 0 Å². The maximum Gasteiger partial charge on any atom is 0.263 e. The van der Waals surface area contributed by atoms with Gasteiger partial charge in [-0.25, -0.2) is 4.98 Å². The number of rotatable bonds is 7. The van der Waals surface area contributed by atoms with Crippen LogP contribution in [0, 0.1) is 0 Å². The molecule has 0 aliphatic rings. The lowest BCUT2D eigenvalue weighted by Gasteiger charge is -2.20. The largest absolute Gasteiger partial charge is 0.464 e. The molecular weight excluding hydrogens is 406 g/mol. The van der Waals surface area contributed by atoms with Gasteiger partial charge in [0.15, 0.2) is 0 Å². The highest BCUT2D eigenvalue weighted by Gasteiger charge is 2.19. The van der Waals surface area contributed by atoms with Crippen molar-refractivity contribution in [2.75, 3.05) is 19.6 Å². The van der Waals surface area contributed by atoms with Gasteiger partial charge in [-0.2, -0.15) is 0 Å². The van der Waals surface area contributed by atoms with Crippen molar-refractivity contribution in [3.05, 3.63) is 63.4 Å². The number of hydrogen-bond donors (Lipinski definition) is 0. The summed E-state index contributed by atoms with van der Waals surface area (Å²) in [6.45, 7) is 7.47.